The van der Waals surface area contributed by atoms with E-state index in [-0.39, 0.29) is 6.42 Å². The number of halogens is 1. The van der Waals surface area contributed by atoms with Gasteiger partial charge in [-0.15, -0.1) is 0 Å². The zero-order valence-electron chi connectivity index (χ0n) is 10.9. The van der Waals surface area contributed by atoms with E-state index in [0.29, 0.717) is 6.07 Å². The van der Waals surface area contributed by atoms with Gasteiger partial charge in [0.15, 0.2) is 0 Å². The summed E-state index contributed by atoms with van der Waals surface area (Å²) in [6, 6.07) is 3.60. The van der Waals surface area contributed by atoms with Gasteiger partial charge in [0.05, 0.1) is 22.9 Å². The highest BCUT2D eigenvalue weighted by molar-refractivity contribution is 7.89. The lowest BCUT2D eigenvalue weighted by Crippen LogP contribution is -2.35. The van der Waals surface area contributed by atoms with Gasteiger partial charge in [-0.25, -0.2) is 17.6 Å². The van der Waals surface area contributed by atoms with Crippen LogP contribution in [0.25, 0.3) is 0 Å². The van der Waals surface area contributed by atoms with Gasteiger partial charge in [0.25, 0.3) is 0 Å². The molecule has 1 aromatic carbocycles. The van der Waals surface area contributed by atoms with Crippen molar-refractivity contribution in [3.05, 3.63) is 29.6 Å². The van der Waals surface area contributed by atoms with Crippen molar-refractivity contribution in [3.8, 4) is 6.07 Å². The van der Waals surface area contributed by atoms with Gasteiger partial charge in [0.2, 0.25) is 10.0 Å². The number of nitriles is 1. The van der Waals surface area contributed by atoms with Gasteiger partial charge < -0.3 is 5.11 Å². The van der Waals surface area contributed by atoms with Gasteiger partial charge >= 0.3 is 5.97 Å². The molecule has 1 unspecified atom stereocenters. The smallest absolute Gasteiger partial charge is 0.337 e. The molecule has 0 radical (unpaired) electrons. The SMILES string of the molecule is CC(CC#N)N(C)S(=O)(=O)c1cc(F)ccc1C(=O)O. The van der Waals surface area contributed by atoms with Crippen molar-refractivity contribution in [1.29, 1.82) is 5.26 Å². The van der Waals surface area contributed by atoms with E-state index < -0.39 is 38.3 Å². The Morgan fingerprint density at radius 3 is 2.65 bits per heavy atom. The number of hydrogen-bond donors (Lipinski definition) is 1. The molecular weight excluding hydrogens is 287 g/mol. The van der Waals surface area contributed by atoms with Gasteiger partial charge in [-0.2, -0.15) is 9.57 Å². The summed E-state index contributed by atoms with van der Waals surface area (Å²) in [4.78, 5) is 10.4. The monoisotopic (exact) mass is 300 g/mol. The molecule has 0 aromatic heterocycles. The number of carbonyl (C=O) groups is 1. The molecular formula is C12H13FN2O4S. The Hall–Kier alpha value is -1.98. The standard InChI is InChI=1S/C12H13FN2O4S/c1-8(5-6-14)15(2)20(18,19)11-7-9(13)3-4-10(11)12(16)17/h3-4,7-8H,5H2,1-2H3,(H,16,17). The Labute approximate surface area is 116 Å². The van der Waals surface area contributed by atoms with E-state index in [0.717, 1.165) is 16.4 Å². The van der Waals surface area contributed by atoms with Crippen molar-refractivity contribution in [3.63, 3.8) is 0 Å². The van der Waals surface area contributed by atoms with Crippen LogP contribution in [-0.4, -0.2) is 36.9 Å². The molecule has 0 aliphatic rings. The molecule has 0 amide bonds. The quantitative estimate of drug-likeness (QED) is 0.887. The number of nitrogens with zero attached hydrogens (tertiary/aromatic N) is 2. The molecule has 0 bridgehead atoms. The normalized spacial score (nSPS) is 12.9. The number of hydrogen-bond acceptors (Lipinski definition) is 4. The van der Waals surface area contributed by atoms with Crippen LogP contribution in [0.2, 0.25) is 0 Å². The molecule has 1 rings (SSSR count). The van der Waals surface area contributed by atoms with E-state index in [2.05, 4.69) is 0 Å². The molecule has 1 aromatic rings. The van der Waals surface area contributed by atoms with E-state index >= 15 is 0 Å². The first-order valence-electron chi connectivity index (χ1n) is 5.59. The molecule has 1 atom stereocenters. The maximum atomic E-state index is 13.2. The number of carboxylic acid groups (broad SMARTS) is 1. The van der Waals surface area contributed by atoms with Crippen LogP contribution in [0.15, 0.2) is 23.1 Å². The second kappa shape index (κ2) is 5.98. The zero-order chi connectivity index (χ0) is 15.5. The van der Waals surface area contributed by atoms with E-state index in [1.807, 2.05) is 6.07 Å². The van der Waals surface area contributed by atoms with Crippen molar-refractivity contribution < 1.29 is 22.7 Å². The molecule has 0 heterocycles. The maximum Gasteiger partial charge on any atom is 0.337 e. The fraction of sp³-hybridized carbons (Fsp3) is 0.333. The van der Waals surface area contributed by atoms with Crippen molar-refractivity contribution in [2.24, 2.45) is 0 Å². The molecule has 0 spiro atoms. The van der Waals surface area contributed by atoms with E-state index in [4.69, 9.17) is 10.4 Å². The molecule has 0 aliphatic carbocycles. The molecule has 108 valence electrons. The van der Waals surface area contributed by atoms with Gasteiger partial charge in [-0.3, -0.25) is 0 Å². The minimum absolute atomic E-state index is 0.0621. The van der Waals surface area contributed by atoms with Gasteiger partial charge in [0, 0.05) is 13.1 Å². The predicted octanol–water partition coefficient (Wildman–Crippen LogP) is 1.45. The fourth-order valence-electron chi connectivity index (χ4n) is 1.54. The summed E-state index contributed by atoms with van der Waals surface area (Å²) in [5.74, 6) is -2.32. The second-order valence-electron chi connectivity index (χ2n) is 4.18. The number of aromatic carboxylic acids is 1. The molecule has 0 saturated heterocycles. The van der Waals surface area contributed by atoms with Crippen LogP contribution in [0.5, 0.6) is 0 Å². The molecule has 0 saturated carbocycles. The molecule has 8 heteroatoms. The maximum absolute atomic E-state index is 13.2. The Morgan fingerprint density at radius 1 is 1.55 bits per heavy atom. The Kier molecular flexibility index (Phi) is 4.81. The largest absolute Gasteiger partial charge is 0.478 e. The lowest BCUT2D eigenvalue weighted by Gasteiger charge is -2.23. The average molecular weight is 300 g/mol. The van der Waals surface area contributed by atoms with Crippen LogP contribution in [-0.2, 0) is 10.0 Å². The van der Waals surface area contributed by atoms with Crippen LogP contribution in [0, 0.1) is 17.1 Å². The van der Waals surface area contributed by atoms with Crippen LogP contribution in [0.1, 0.15) is 23.7 Å². The van der Waals surface area contributed by atoms with Crippen molar-refractivity contribution >= 4 is 16.0 Å². The average Bonchev–Trinajstić information content (AvgIpc) is 2.37. The Balaban J connectivity index is 3.39. The summed E-state index contributed by atoms with van der Waals surface area (Å²) >= 11 is 0. The first kappa shape index (κ1) is 16.1. The van der Waals surface area contributed by atoms with E-state index in [1.165, 1.54) is 14.0 Å². The third kappa shape index (κ3) is 3.12. The zero-order valence-corrected chi connectivity index (χ0v) is 11.7. The summed E-state index contributed by atoms with van der Waals surface area (Å²) < 4.78 is 38.7. The van der Waals surface area contributed by atoms with Crippen molar-refractivity contribution in [2.75, 3.05) is 7.05 Å². The lowest BCUT2D eigenvalue weighted by atomic mass is 10.2. The van der Waals surface area contributed by atoms with Crippen molar-refractivity contribution in [1.82, 2.24) is 4.31 Å². The van der Waals surface area contributed by atoms with Crippen LogP contribution in [0.4, 0.5) is 4.39 Å². The first-order valence-corrected chi connectivity index (χ1v) is 7.03. The summed E-state index contributed by atoms with van der Waals surface area (Å²) in [6.07, 6.45) is -0.0621. The fourth-order valence-corrected chi connectivity index (χ4v) is 3.09. The molecule has 1 N–H and O–H groups in total. The van der Waals surface area contributed by atoms with Crippen LogP contribution in [0.3, 0.4) is 0 Å². The highest BCUT2D eigenvalue weighted by Crippen LogP contribution is 2.23. The van der Waals surface area contributed by atoms with Crippen molar-refractivity contribution in [2.45, 2.75) is 24.3 Å². The lowest BCUT2D eigenvalue weighted by molar-refractivity contribution is 0.0692. The van der Waals surface area contributed by atoms with Gasteiger partial charge in [-0.05, 0) is 25.1 Å². The van der Waals surface area contributed by atoms with Crippen LogP contribution < -0.4 is 0 Å². The Morgan fingerprint density at radius 2 is 2.15 bits per heavy atom. The minimum atomic E-state index is -4.20. The third-order valence-corrected chi connectivity index (χ3v) is 4.85. The third-order valence-electron chi connectivity index (χ3n) is 2.84. The number of carboxylic acids is 1. The minimum Gasteiger partial charge on any atom is -0.478 e. The van der Waals surface area contributed by atoms with Gasteiger partial charge in [-0.1, -0.05) is 0 Å². The Bertz CT molecular complexity index is 667. The van der Waals surface area contributed by atoms with Gasteiger partial charge in [0.1, 0.15) is 5.82 Å². The molecule has 6 nitrogen and oxygen atoms in total. The molecule has 0 fully saturated rings. The van der Waals surface area contributed by atoms with E-state index in [9.17, 15) is 17.6 Å². The number of rotatable bonds is 5. The summed E-state index contributed by atoms with van der Waals surface area (Å²) in [5.41, 5.74) is -0.512. The summed E-state index contributed by atoms with van der Waals surface area (Å²) in [5, 5.41) is 17.6. The summed E-state index contributed by atoms with van der Waals surface area (Å²) in [7, 11) is -2.98. The second-order valence-corrected chi connectivity index (χ2v) is 6.14. The number of benzene rings is 1. The molecule has 0 aliphatic heterocycles. The predicted molar refractivity (Wildman–Crippen MR) is 68.0 cm³/mol. The number of sulfonamides is 1. The van der Waals surface area contributed by atoms with E-state index in [1.54, 1.807) is 0 Å². The topological polar surface area (TPSA) is 98.5 Å². The highest BCUT2D eigenvalue weighted by atomic mass is 32.2. The highest BCUT2D eigenvalue weighted by Gasteiger charge is 2.30. The first-order chi connectivity index (χ1) is 9.21. The molecule has 20 heavy (non-hydrogen) atoms. The van der Waals surface area contributed by atoms with Crippen LogP contribution >= 0.6 is 0 Å². The summed E-state index contributed by atoms with van der Waals surface area (Å²) in [6.45, 7) is 1.50.